The third kappa shape index (κ3) is 4.02. The van der Waals surface area contributed by atoms with Crippen LogP contribution in [0.4, 0.5) is 0 Å². The largest absolute Gasteiger partial charge is 0.389 e. The van der Waals surface area contributed by atoms with Gasteiger partial charge in [0.1, 0.15) is 4.99 Å². The number of nitrogens with two attached hydrogens (primary N) is 1. The molecule has 1 fully saturated rings. The molecule has 108 valence electrons. The van der Waals surface area contributed by atoms with Gasteiger partial charge in [0.25, 0.3) is 0 Å². The molecule has 0 bridgehead atoms. The van der Waals surface area contributed by atoms with Crippen molar-refractivity contribution in [3.8, 4) is 0 Å². The van der Waals surface area contributed by atoms with E-state index in [1.807, 2.05) is 48.2 Å². The molecular formula is C15H21N3OS. The van der Waals surface area contributed by atoms with Crippen LogP contribution in [0.2, 0.25) is 0 Å². The van der Waals surface area contributed by atoms with Crippen molar-refractivity contribution in [3.63, 3.8) is 0 Å². The van der Waals surface area contributed by atoms with Crippen LogP contribution < -0.4 is 5.73 Å². The van der Waals surface area contributed by atoms with Crippen LogP contribution in [0.25, 0.3) is 0 Å². The van der Waals surface area contributed by atoms with E-state index in [1.165, 1.54) is 0 Å². The Bertz CT molecular complexity index is 514. The number of hydrogen-bond donors (Lipinski definition) is 1. The fraction of sp³-hybridized carbons (Fsp3) is 0.467. The zero-order valence-electron chi connectivity index (χ0n) is 12.0. The van der Waals surface area contributed by atoms with Crippen molar-refractivity contribution in [2.75, 3.05) is 20.6 Å². The molecule has 2 rings (SSSR count). The number of nitrogens with zero attached hydrogens (tertiary/aromatic N) is 2. The fourth-order valence-electron chi connectivity index (χ4n) is 2.20. The molecule has 5 heteroatoms. The average molecular weight is 291 g/mol. The molecule has 0 aromatic heterocycles. The van der Waals surface area contributed by atoms with Crippen molar-refractivity contribution in [2.24, 2.45) is 5.73 Å². The highest BCUT2D eigenvalue weighted by Gasteiger charge is 2.29. The first-order valence-corrected chi connectivity index (χ1v) is 7.21. The standard InChI is InChI=1S/C15H21N3OS/c1-17(10-14(19)18(2)13-6-7-13)9-11-4-3-5-12(8-11)15(16)20/h3-5,8,13H,6-7,9-10H2,1-2H3,(H2,16,20). The Kier molecular flexibility index (Phi) is 4.73. The van der Waals surface area contributed by atoms with E-state index in [4.69, 9.17) is 18.0 Å². The first-order chi connectivity index (χ1) is 9.47. The number of benzene rings is 1. The lowest BCUT2D eigenvalue weighted by Gasteiger charge is -2.21. The molecule has 2 N–H and O–H groups in total. The van der Waals surface area contributed by atoms with E-state index in [1.54, 1.807) is 0 Å². The van der Waals surface area contributed by atoms with Gasteiger partial charge in [-0.2, -0.15) is 0 Å². The van der Waals surface area contributed by atoms with Gasteiger partial charge in [0.2, 0.25) is 5.91 Å². The van der Waals surface area contributed by atoms with Crippen molar-refractivity contribution in [2.45, 2.75) is 25.4 Å². The Hall–Kier alpha value is -1.46. The van der Waals surface area contributed by atoms with E-state index in [0.717, 1.165) is 24.0 Å². The minimum atomic E-state index is 0.181. The highest BCUT2D eigenvalue weighted by atomic mass is 32.1. The van der Waals surface area contributed by atoms with Crippen molar-refractivity contribution in [3.05, 3.63) is 35.4 Å². The Labute approximate surface area is 125 Å². The van der Waals surface area contributed by atoms with Gasteiger partial charge in [-0.3, -0.25) is 9.69 Å². The number of hydrogen-bond acceptors (Lipinski definition) is 3. The summed E-state index contributed by atoms with van der Waals surface area (Å²) in [6.45, 7) is 1.14. The van der Waals surface area contributed by atoms with Gasteiger partial charge in [-0.05, 0) is 31.5 Å². The molecule has 0 unspecified atom stereocenters. The van der Waals surface area contributed by atoms with Gasteiger partial charge in [-0.1, -0.05) is 30.4 Å². The van der Waals surface area contributed by atoms with E-state index in [-0.39, 0.29) is 5.91 Å². The minimum absolute atomic E-state index is 0.181. The number of carbonyl (C=O) groups is 1. The molecule has 0 spiro atoms. The van der Waals surface area contributed by atoms with Crippen molar-refractivity contribution >= 4 is 23.1 Å². The van der Waals surface area contributed by atoms with Crippen LogP contribution in [-0.2, 0) is 11.3 Å². The van der Waals surface area contributed by atoms with Crippen LogP contribution in [0, 0.1) is 0 Å². The summed E-state index contributed by atoms with van der Waals surface area (Å²) in [6.07, 6.45) is 2.28. The van der Waals surface area contributed by atoms with Crippen LogP contribution in [0.5, 0.6) is 0 Å². The van der Waals surface area contributed by atoms with Crippen LogP contribution in [0.15, 0.2) is 24.3 Å². The summed E-state index contributed by atoms with van der Waals surface area (Å²) in [4.78, 5) is 16.3. The lowest BCUT2D eigenvalue weighted by Crippen LogP contribution is -2.37. The molecule has 0 heterocycles. The smallest absolute Gasteiger partial charge is 0.236 e. The zero-order valence-corrected chi connectivity index (χ0v) is 12.8. The molecular weight excluding hydrogens is 270 g/mol. The van der Waals surface area contributed by atoms with E-state index >= 15 is 0 Å². The average Bonchev–Trinajstić information content (AvgIpc) is 3.22. The van der Waals surface area contributed by atoms with Gasteiger partial charge >= 0.3 is 0 Å². The summed E-state index contributed by atoms with van der Waals surface area (Å²) in [5, 5.41) is 0. The Morgan fingerprint density at radius 3 is 2.70 bits per heavy atom. The number of carbonyl (C=O) groups excluding carboxylic acids is 1. The van der Waals surface area contributed by atoms with Gasteiger partial charge < -0.3 is 10.6 Å². The topological polar surface area (TPSA) is 49.6 Å². The number of thiocarbonyl (C=S) groups is 1. The van der Waals surface area contributed by atoms with E-state index < -0.39 is 0 Å². The second-order valence-corrected chi connectivity index (χ2v) is 5.91. The van der Waals surface area contributed by atoms with Crippen LogP contribution in [-0.4, -0.2) is 47.4 Å². The van der Waals surface area contributed by atoms with E-state index in [2.05, 4.69) is 0 Å². The van der Waals surface area contributed by atoms with Gasteiger partial charge in [0.05, 0.1) is 6.54 Å². The highest BCUT2D eigenvalue weighted by molar-refractivity contribution is 7.80. The highest BCUT2D eigenvalue weighted by Crippen LogP contribution is 2.25. The first kappa shape index (κ1) is 14.9. The summed E-state index contributed by atoms with van der Waals surface area (Å²) in [7, 11) is 3.84. The van der Waals surface area contributed by atoms with Gasteiger partial charge in [0, 0.05) is 25.2 Å². The monoisotopic (exact) mass is 291 g/mol. The third-order valence-corrected chi connectivity index (χ3v) is 3.79. The number of amides is 1. The molecule has 1 saturated carbocycles. The van der Waals surface area contributed by atoms with Gasteiger partial charge in [-0.25, -0.2) is 0 Å². The van der Waals surface area contributed by atoms with Crippen molar-refractivity contribution in [1.82, 2.24) is 9.80 Å². The second kappa shape index (κ2) is 6.33. The lowest BCUT2D eigenvalue weighted by atomic mass is 10.1. The maximum absolute atomic E-state index is 12.0. The quantitative estimate of drug-likeness (QED) is 0.804. The predicted octanol–water partition coefficient (Wildman–Crippen LogP) is 1.37. The fourth-order valence-corrected chi connectivity index (χ4v) is 2.33. The zero-order chi connectivity index (χ0) is 14.7. The Balaban J connectivity index is 1.90. The molecule has 1 aliphatic carbocycles. The molecule has 20 heavy (non-hydrogen) atoms. The minimum Gasteiger partial charge on any atom is -0.389 e. The summed E-state index contributed by atoms with van der Waals surface area (Å²) in [5.74, 6) is 0.181. The van der Waals surface area contributed by atoms with Crippen molar-refractivity contribution < 1.29 is 4.79 Å². The summed E-state index contributed by atoms with van der Waals surface area (Å²) in [5.41, 5.74) is 7.61. The maximum Gasteiger partial charge on any atom is 0.236 e. The Morgan fingerprint density at radius 1 is 1.40 bits per heavy atom. The number of rotatable bonds is 6. The van der Waals surface area contributed by atoms with Gasteiger partial charge in [-0.15, -0.1) is 0 Å². The molecule has 0 aliphatic heterocycles. The lowest BCUT2D eigenvalue weighted by molar-refractivity contribution is -0.131. The second-order valence-electron chi connectivity index (χ2n) is 5.47. The third-order valence-electron chi connectivity index (χ3n) is 3.56. The first-order valence-electron chi connectivity index (χ1n) is 6.80. The normalized spacial score (nSPS) is 14.3. The van der Waals surface area contributed by atoms with E-state index in [9.17, 15) is 4.79 Å². The molecule has 1 aromatic rings. The molecule has 1 aromatic carbocycles. The molecule has 0 saturated heterocycles. The van der Waals surface area contributed by atoms with E-state index in [0.29, 0.717) is 24.1 Å². The SMILES string of the molecule is CN(CC(=O)N(C)C1CC1)Cc1cccc(C(N)=S)c1. The molecule has 0 atom stereocenters. The number of likely N-dealkylation sites (N-methyl/N-ethyl adjacent to an activating group) is 2. The molecule has 0 radical (unpaired) electrons. The molecule has 4 nitrogen and oxygen atoms in total. The van der Waals surface area contributed by atoms with Crippen LogP contribution >= 0.6 is 12.2 Å². The van der Waals surface area contributed by atoms with Crippen LogP contribution in [0.3, 0.4) is 0 Å². The maximum atomic E-state index is 12.0. The molecule has 1 aliphatic rings. The Morgan fingerprint density at radius 2 is 2.10 bits per heavy atom. The van der Waals surface area contributed by atoms with Crippen molar-refractivity contribution in [1.29, 1.82) is 0 Å². The summed E-state index contributed by atoms with van der Waals surface area (Å²) in [6, 6.07) is 8.31. The summed E-state index contributed by atoms with van der Waals surface area (Å²) >= 11 is 4.98. The van der Waals surface area contributed by atoms with Crippen LogP contribution in [0.1, 0.15) is 24.0 Å². The molecule has 1 amide bonds. The van der Waals surface area contributed by atoms with Gasteiger partial charge in [0.15, 0.2) is 0 Å². The predicted molar refractivity (Wildman–Crippen MR) is 84.5 cm³/mol. The summed E-state index contributed by atoms with van der Waals surface area (Å²) < 4.78 is 0.